The average molecular weight is 411 g/mol. The largest absolute Gasteiger partial charge is 0.355 e. The van der Waals surface area contributed by atoms with E-state index in [1.807, 2.05) is 29.8 Å². The fourth-order valence-corrected chi connectivity index (χ4v) is 7.14. The fraction of sp³-hybridized carbons (Fsp3) is 0.609. The molecule has 1 heterocycles. The number of thioether (sulfide) groups is 1. The average Bonchev–Trinajstić information content (AvgIpc) is 3.04. The molecule has 4 bridgehead atoms. The lowest BCUT2D eigenvalue weighted by molar-refractivity contribution is -0.120. The maximum atomic E-state index is 12.5. The molecule has 1 aromatic carbocycles. The molecule has 154 valence electrons. The minimum absolute atomic E-state index is 0.123. The Morgan fingerprint density at radius 2 is 1.76 bits per heavy atom. The third kappa shape index (κ3) is 4.09. The van der Waals surface area contributed by atoms with Crippen LogP contribution in [0.1, 0.15) is 49.9 Å². The molecule has 4 fully saturated rings. The molecule has 6 rings (SSSR count). The zero-order chi connectivity index (χ0) is 19.8. The molecule has 6 heteroatoms. The third-order valence-electron chi connectivity index (χ3n) is 7.29. The molecule has 4 aliphatic rings. The van der Waals surface area contributed by atoms with Gasteiger partial charge < -0.3 is 9.88 Å². The van der Waals surface area contributed by atoms with Crippen LogP contribution in [0, 0.1) is 23.2 Å². The van der Waals surface area contributed by atoms with E-state index < -0.39 is 0 Å². The molecule has 0 unspecified atom stereocenters. The Morgan fingerprint density at radius 3 is 2.41 bits per heavy atom. The molecule has 1 N–H and O–H groups in total. The summed E-state index contributed by atoms with van der Waals surface area (Å²) < 4.78 is 2.00. The molecule has 1 aromatic heterocycles. The number of hydrogen-bond acceptors (Lipinski definition) is 4. The molecule has 0 radical (unpaired) electrons. The van der Waals surface area contributed by atoms with E-state index in [2.05, 4.69) is 27.6 Å². The highest BCUT2D eigenvalue weighted by atomic mass is 32.2. The molecule has 5 nitrogen and oxygen atoms in total. The molecule has 4 saturated carbocycles. The van der Waals surface area contributed by atoms with Crippen LogP contribution in [0.3, 0.4) is 0 Å². The number of rotatable bonds is 7. The minimum Gasteiger partial charge on any atom is -0.355 e. The molecular formula is C23H30N4OS. The van der Waals surface area contributed by atoms with E-state index in [-0.39, 0.29) is 5.91 Å². The fourth-order valence-electron chi connectivity index (χ4n) is 6.38. The Labute approximate surface area is 177 Å². The van der Waals surface area contributed by atoms with Gasteiger partial charge in [-0.1, -0.05) is 42.1 Å². The molecule has 0 spiro atoms. The first-order valence-corrected chi connectivity index (χ1v) is 11.9. The second-order valence-electron chi connectivity index (χ2n) is 9.60. The maximum absolute atomic E-state index is 12.5. The Hall–Kier alpha value is -1.82. The van der Waals surface area contributed by atoms with Crippen LogP contribution in [0.25, 0.3) is 0 Å². The summed E-state index contributed by atoms with van der Waals surface area (Å²) in [4.78, 5) is 12.5. The molecular weight excluding hydrogens is 380 g/mol. The molecule has 0 saturated heterocycles. The molecule has 4 aliphatic carbocycles. The molecule has 0 aliphatic heterocycles. The lowest BCUT2D eigenvalue weighted by Gasteiger charge is -2.56. The molecule has 1 amide bonds. The number of benzene rings is 1. The Balaban J connectivity index is 1.13. The highest BCUT2D eigenvalue weighted by Crippen LogP contribution is 2.59. The van der Waals surface area contributed by atoms with Gasteiger partial charge in [0.15, 0.2) is 5.16 Å². The lowest BCUT2D eigenvalue weighted by atomic mass is 9.49. The van der Waals surface area contributed by atoms with E-state index in [9.17, 15) is 4.79 Å². The standard InChI is InChI=1S/C23H30N4OS/c1-27-20(10-16-5-3-2-4-6-16)25-26-22(27)29-14-21(28)24-15-23-11-17-7-18(12-23)9-19(8-17)13-23/h2-6,17-19H,7-15H2,1H3,(H,24,28). The van der Waals surface area contributed by atoms with Crippen LogP contribution >= 0.6 is 11.8 Å². The first kappa shape index (κ1) is 19.2. The number of carbonyl (C=O) groups is 1. The van der Waals surface area contributed by atoms with Gasteiger partial charge in [0.1, 0.15) is 5.82 Å². The van der Waals surface area contributed by atoms with Gasteiger partial charge in [0.25, 0.3) is 0 Å². The molecule has 29 heavy (non-hydrogen) atoms. The van der Waals surface area contributed by atoms with Crippen molar-refractivity contribution in [1.82, 2.24) is 20.1 Å². The van der Waals surface area contributed by atoms with Crippen molar-refractivity contribution in [1.29, 1.82) is 0 Å². The second-order valence-corrected chi connectivity index (χ2v) is 10.5. The molecule has 2 aromatic rings. The van der Waals surface area contributed by atoms with Crippen LogP contribution in [-0.4, -0.2) is 33.0 Å². The van der Waals surface area contributed by atoms with Gasteiger partial charge in [0, 0.05) is 20.0 Å². The topological polar surface area (TPSA) is 59.8 Å². The Morgan fingerprint density at radius 1 is 1.10 bits per heavy atom. The van der Waals surface area contributed by atoms with Gasteiger partial charge in [-0.25, -0.2) is 0 Å². The van der Waals surface area contributed by atoms with Crippen molar-refractivity contribution in [2.45, 2.75) is 50.1 Å². The smallest absolute Gasteiger partial charge is 0.230 e. The quantitative estimate of drug-likeness (QED) is 0.705. The van der Waals surface area contributed by atoms with Gasteiger partial charge in [0.2, 0.25) is 5.91 Å². The van der Waals surface area contributed by atoms with Crippen LogP contribution in [0.2, 0.25) is 0 Å². The van der Waals surface area contributed by atoms with Crippen molar-refractivity contribution < 1.29 is 4.79 Å². The van der Waals surface area contributed by atoms with E-state index in [0.717, 1.165) is 41.7 Å². The van der Waals surface area contributed by atoms with Crippen LogP contribution in [0.5, 0.6) is 0 Å². The van der Waals surface area contributed by atoms with E-state index in [4.69, 9.17) is 0 Å². The normalized spacial score (nSPS) is 29.9. The summed E-state index contributed by atoms with van der Waals surface area (Å²) in [5.41, 5.74) is 1.61. The van der Waals surface area contributed by atoms with Crippen molar-refractivity contribution in [3.63, 3.8) is 0 Å². The van der Waals surface area contributed by atoms with Crippen molar-refractivity contribution in [3.8, 4) is 0 Å². The van der Waals surface area contributed by atoms with Crippen LogP contribution in [0.4, 0.5) is 0 Å². The minimum atomic E-state index is 0.123. The van der Waals surface area contributed by atoms with Crippen molar-refractivity contribution in [2.24, 2.45) is 30.2 Å². The van der Waals surface area contributed by atoms with E-state index in [0.29, 0.717) is 11.2 Å². The van der Waals surface area contributed by atoms with Gasteiger partial charge in [-0.3, -0.25) is 4.79 Å². The number of hydrogen-bond donors (Lipinski definition) is 1. The van der Waals surface area contributed by atoms with Crippen molar-refractivity contribution in [3.05, 3.63) is 41.7 Å². The maximum Gasteiger partial charge on any atom is 0.230 e. The first-order chi connectivity index (χ1) is 14.1. The first-order valence-electron chi connectivity index (χ1n) is 10.9. The van der Waals surface area contributed by atoms with E-state index in [1.54, 1.807) is 0 Å². The van der Waals surface area contributed by atoms with Crippen molar-refractivity contribution in [2.75, 3.05) is 12.3 Å². The third-order valence-corrected chi connectivity index (χ3v) is 8.31. The SMILES string of the molecule is Cn1c(Cc2ccccc2)nnc1SCC(=O)NCC12CC3CC(CC(C3)C1)C2. The zero-order valence-corrected chi connectivity index (χ0v) is 18.0. The van der Waals surface area contributed by atoms with Crippen LogP contribution in [0.15, 0.2) is 35.5 Å². The number of amides is 1. The lowest BCUT2D eigenvalue weighted by Crippen LogP contribution is -2.51. The number of aromatic nitrogens is 3. The summed E-state index contributed by atoms with van der Waals surface area (Å²) in [5.74, 6) is 4.23. The zero-order valence-electron chi connectivity index (χ0n) is 17.1. The van der Waals surface area contributed by atoms with Crippen molar-refractivity contribution >= 4 is 17.7 Å². The second kappa shape index (κ2) is 7.78. The number of nitrogens with zero attached hydrogens (tertiary/aromatic N) is 3. The predicted octanol–water partition coefficient (Wildman–Crippen LogP) is 3.83. The van der Waals surface area contributed by atoms with Crippen LogP contribution in [-0.2, 0) is 18.3 Å². The summed E-state index contributed by atoms with van der Waals surface area (Å²) in [6, 6.07) is 10.3. The monoisotopic (exact) mass is 410 g/mol. The molecule has 0 atom stereocenters. The van der Waals surface area contributed by atoms with Gasteiger partial charge in [-0.05, 0) is 67.3 Å². The van der Waals surface area contributed by atoms with Crippen LogP contribution < -0.4 is 5.32 Å². The highest BCUT2D eigenvalue weighted by Gasteiger charge is 2.50. The van der Waals surface area contributed by atoms with Gasteiger partial charge in [-0.2, -0.15) is 0 Å². The van der Waals surface area contributed by atoms with Gasteiger partial charge in [0.05, 0.1) is 5.75 Å². The number of nitrogens with one attached hydrogen (secondary N) is 1. The summed E-state index contributed by atoms with van der Waals surface area (Å²) >= 11 is 1.48. The van der Waals surface area contributed by atoms with Gasteiger partial charge in [-0.15, -0.1) is 10.2 Å². The summed E-state index contributed by atoms with van der Waals surface area (Å²) in [5, 5.41) is 12.7. The Kier molecular flexibility index (Phi) is 5.14. The number of carbonyl (C=O) groups excluding carboxylic acids is 1. The predicted molar refractivity (Wildman–Crippen MR) is 115 cm³/mol. The van der Waals surface area contributed by atoms with E-state index >= 15 is 0 Å². The highest BCUT2D eigenvalue weighted by molar-refractivity contribution is 7.99. The van der Waals surface area contributed by atoms with Gasteiger partial charge >= 0.3 is 0 Å². The van der Waals surface area contributed by atoms with E-state index in [1.165, 1.54) is 55.9 Å². The summed E-state index contributed by atoms with van der Waals surface area (Å²) in [7, 11) is 1.98. The summed E-state index contributed by atoms with van der Waals surface area (Å²) in [6.45, 7) is 0.869. The summed E-state index contributed by atoms with van der Waals surface area (Å²) in [6.07, 6.45) is 9.08. The Bertz CT molecular complexity index is 843.